The number of fused-ring (bicyclic) bond motifs is 3. The SMILES string of the molecule is CCCCCCCCn1c(C)c(C2(c3ccc(N(CC)CC)cc3OCC)C=CC3=C(N2)c2ccccc2C3)c2ccccc21. The van der Waals surface area contributed by atoms with Crippen molar-refractivity contribution in [3.63, 3.8) is 0 Å². The number of aryl methyl sites for hydroxylation is 1. The van der Waals surface area contributed by atoms with Crippen LogP contribution in [0.3, 0.4) is 0 Å². The number of anilines is 1. The van der Waals surface area contributed by atoms with Crippen molar-refractivity contribution >= 4 is 22.3 Å². The highest BCUT2D eigenvalue weighted by Gasteiger charge is 2.43. The van der Waals surface area contributed by atoms with Crippen molar-refractivity contribution in [2.24, 2.45) is 0 Å². The summed E-state index contributed by atoms with van der Waals surface area (Å²) in [4.78, 5) is 2.40. The fraction of sp³-hybridized carbons (Fsp3) is 0.415. The van der Waals surface area contributed by atoms with Crippen LogP contribution in [0.1, 0.15) is 94.2 Å². The lowest BCUT2D eigenvalue weighted by Gasteiger charge is -2.39. The molecular formula is C41H51N3O. The zero-order valence-electron chi connectivity index (χ0n) is 28.1. The number of hydrogen-bond donors (Lipinski definition) is 1. The molecule has 1 N–H and O–H groups in total. The second-order valence-corrected chi connectivity index (χ2v) is 12.7. The summed E-state index contributed by atoms with van der Waals surface area (Å²) in [5.41, 5.74) is 11.0. The first-order chi connectivity index (χ1) is 22.1. The highest BCUT2D eigenvalue weighted by molar-refractivity contribution is 5.90. The minimum Gasteiger partial charge on any atom is -0.493 e. The van der Waals surface area contributed by atoms with Gasteiger partial charge in [-0.3, -0.25) is 0 Å². The summed E-state index contributed by atoms with van der Waals surface area (Å²) >= 11 is 0. The van der Waals surface area contributed by atoms with Crippen molar-refractivity contribution < 1.29 is 4.74 Å². The second kappa shape index (κ2) is 13.6. The molecule has 0 fully saturated rings. The fourth-order valence-electron chi connectivity index (χ4n) is 7.74. The second-order valence-electron chi connectivity index (χ2n) is 12.7. The number of nitrogens with zero attached hydrogens (tertiary/aromatic N) is 2. The molecule has 0 spiro atoms. The maximum atomic E-state index is 6.54. The van der Waals surface area contributed by atoms with Crippen LogP contribution in [-0.2, 0) is 18.5 Å². The Labute approximate surface area is 270 Å². The van der Waals surface area contributed by atoms with E-state index in [-0.39, 0.29) is 0 Å². The summed E-state index contributed by atoms with van der Waals surface area (Å²) in [5.74, 6) is 0.946. The molecule has 236 valence electrons. The van der Waals surface area contributed by atoms with E-state index in [9.17, 15) is 0 Å². The van der Waals surface area contributed by atoms with Gasteiger partial charge >= 0.3 is 0 Å². The van der Waals surface area contributed by atoms with E-state index < -0.39 is 5.54 Å². The van der Waals surface area contributed by atoms with Crippen LogP contribution < -0.4 is 15.0 Å². The zero-order valence-corrected chi connectivity index (χ0v) is 28.1. The molecule has 4 aromatic rings. The van der Waals surface area contributed by atoms with Crippen LogP contribution in [0.25, 0.3) is 16.6 Å². The molecule has 45 heavy (non-hydrogen) atoms. The summed E-state index contributed by atoms with van der Waals surface area (Å²) in [6.07, 6.45) is 13.5. The third-order valence-electron chi connectivity index (χ3n) is 10.0. The maximum Gasteiger partial charge on any atom is 0.127 e. The predicted molar refractivity (Wildman–Crippen MR) is 191 cm³/mol. The molecule has 3 aromatic carbocycles. The van der Waals surface area contributed by atoms with Gasteiger partial charge in [0.25, 0.3) is 0 Å². The number of unbranched alkanes of at least 4 members (excludes halogenated alkanes) is 5. The first-order valence-corrected chi connectivity index (χ1v) is 17.5. The summed E-state index contributed by atoms with van der Waals surface area (Å²) in [7, 11) is 0. The van der Waals surface area contributed by atoms with Crippen LogP contribution in [0.15, 0.2) is 84.5 Å². The molecule has 6 rings (SSSR count). The van der Waals surface area contributed by atoms with Gasteiger partial charge in [0.15, 0.2) is 0 Å². The van der Waals surface area contributed by atoms with E-state index in [0.29, 0.717) is 6.61 Å². The average Bonchev–Trinajstić information content (AvgIpc) is 3.57. The van der Waals surface area contributed by atoms with Crippen molar-refractivity contribution in [2.45, 2.75) is 91.6 Å². The number of nitrogens with one attached hydrogen (secondary N) is 1. The molecule has 1 unspecified atom stereocenters. The smallest absolute Gasteiger partial charge is 0.127 e. The van der Waals surface area contributed by atoms with Gasteiger partial charge in [-0.25, -0.2) is 0 Å². The van der Waals surface area contributed by atoms with Gasteiger partial charge in [-0.2, -0.15) is 0 Å². The predicted octanol–water partition coefficient (Wildman–Crippen LogP) is 9.93. The van der Waals surface area contributed by atoms with E-state index in [0.717, 1.165) is 37.4 Å². The zero-order chi connectivity index (χ0) is 31.4. The molecule has 2 heterocycles. The number of benzene rings is 3. The minimum atomic E-state index is -0.599. The molecule has 0 bridgehead atoms. The van der Waals surface area contributed by atoms with Crippen molar-refractivity contribution in [1.82, 2.24) is 9.88 Å². The summed E-state index contributed by atoms with van der Waals surface area (Å²) in [6.45, 7) is 14.7. The topological polar surface area (TPSA) is 29.4 Å². The monoisotopic (exact) mass is 601 g/mol. The van der Waals surface area contributed by atoms with Crippen LogP contribution in [0.5, 0.6) is 5.75 Å². The molecule has 0 amide bonds. The van der Waals surface area contributed by atoms with Gasteiger partial charge in [-0.15, -0.1) is 0 Å². The Kier molecular flexibility index (Phi) is 9.40. The third kappa shape index (κ3) is 5.69. The van der Waals surface area contributed by atoms with Gasteiger partial charge in [-0.1, -0.05) is 93.6 Å². The number of para-hydroxylation sites is 1. The first-order valence-electron chi connectivity index (χ1n) is 17.5. The Balaban J connectivity index is 1.53. The first kappa shape index (κ1) is 31.1. The number of rotatable bonds is 14. The molecule has 2 aliphatic rings. The lowest BCUT2D eigenvalue weighted by Crippen LogP contribution is -2.43. The lowest BCUT2D eigenvalue weighted by molar-refractivity contribution is 0.330. The third-order valence-corrected chi connectivity index (χ3v) is 10.0. The van der Waals surface area contributed by atoms with E-state index in [1.165, 1.54) is 88.8 Å². The maximum absolute atomic E-state index is 6.54. The molecule has 1 aliphatic heterocycles. The van der Waals surface area contributed by atoms with Crippen LogP contribution in [-0.4, -0.2) is 24.3 Å². The van der Waals surface area contributed by atoms with E-state index in [1.807, 2.05) is 0 Å². The Morgan fingerprint density at radius 2 is 1.62 bits per heavy atom. The minimum absolute atomic E-state index is 0.599. The number of allylic oxidation sites excluding steroid dienone is 2. The van der Waals surface area contributed by atoms with Crippen molar-refractivity contribution in [1.29, 1.82) is 0 Å². The summed E-state index contributed by atoms with van der Waals surface area (Å²) < 4.78 is 9.13. The molecule has 4 nitrogen and oxygen atoms in total. The molecule has 0 saturated carbocycles. The number of aromatic nitrogens is 1. The Morgan fingerprint density at radius 3 is 2.42 bits per heavy atom. The van der Waals surface area contributed by atoms with Crippen LogP contribution in [0.4, 0.5) is 5.69 Å². The summed E-state index contributed by atoms with van der Waals surface area (Å²) in [5, 5.41) is 5.52. The van der Waals surface area contributed by atoms with Crippen LogP contribution in [0.2, 0.25) is 0 Å². The Bertz CT molecular complexity index is 1710. The molecule has 1 aromatic heterocycles. The van der Waals surface area contributed by atoms with E-state index >= 15 is 0 Å². The standard InChI is InChI=1S/C41H51N3O/c1-6-10-11-12-13-18-27-44-30(5)39(35-21-16-17-22-37(35)44)41(26-25-32-28-31-19-14-15-20-34(31)40(32)42-41)36-24-23-33(43(7-2)8-3)29-38(36)45-9-4/h14-17,19-26,29,42H,6-13,18,27-28H2,1-5H3. The fourth-order valence-corrected chi connectivity index (χ4v) is 7.74. The van der Waals surface area contributed by atoms with E-state index in [1.54, 1.807) is 0 Å². The van der Waals surface area contributed by atoms with Crippen LogP contribution in [0, 0.1) is 6.92 Å². The highest BCUT2D eigenvalue weighted by atomic mass is 16.5. The average molecular weight is 602 g/mol. The van der Waals surface area contributed by atoms with Gasteiger partial charge in [0, 0.05) is 76.8 Å². The largest absolute Gasteiger partial charge is 0.493 e. The lowest BCUT2D eigenvalue weighted by atomic mass is 9.77. The number of hydrogen-bond acceptors (Lipinski definition) is 3. The number of dihydropyridines is 1. The van der Waals surface area contributed by atoms with Crippen LogP contribution >= 0.6 is 0 Å². The Morgan fingerprint density at radius 1 is 0.867 bits per heavy atom. The molecular weight excluding hydrogens is 550 g/mol. The summed E-state index contributed by atoms with van der Waals surface area (Å²) in [6, 6.07) is 24.8. The molecule has 1 aliphatic carbocycles. The highest BCUT2D eigenvalue weighted by Crippen LogP contribution is 2.49. The van der Waals surface area contributed by atoms with E-state index in [2.05, 4.69) is 128 Å². The molecule has 0 saturated heterocycles. The van der Waals surface area contributed by atoms with Gasteiger partial charge in [-0.05, 0) is 63.5 Å². The van der Waals surface area contributed by atoms with Gasteiger partial charge in [0.1, 0.15) is 11.3 Å². The number of ether oxygens (including phenoxy) is 1. The normalized spacial score (nSPS) is 17.0. The quantitative estimate of drug-likeness (QED) is 0.146. The van der Waals surface area contributed by atoms with Crippen molar-refractivity contribution in [3.8, 4) is 5.75 Å². The molecule has 0 radical (unpaired) electrons. The molecule has 4 heteroatoms. The van der Waals surface area contributed by atoms with Crippen molar-refractivity contribution in [2.75, 3.05) is 24.6 Å². The van der Waals surface area contributed by atoms with Gasteiger partial charge < -0.3 is 19.5 Å². The Hall–Kier alpha value is -3.92. The van der Waals surface area contributed by atoms with Gasteiger partial charge in [0.05, 0.1) is 6.61 Å². The molecule has 1 atom stereocenters. The van der Waals surface area contributed by atoms with Crippen molar-refractivity contribution in [3.05, 3.63) is 112 Å². The van der Waals surface area contributed by atoms with Gasteiger partial charge in [0.2, 0.25) is 0 Å². The van der Waals surface area contributed by atoms with E-state index in [4.69, 9.17) is 4.74 Å².